The lowest BCUT2D eigenvalue weighted by molar-refractivity contribution is -0.0852. The zero-order valence-corrected chi connectivity index (χ0v) is 11.1. The first-order valence-corrected chi connectivity index (χ1v) is 6.56. The van der Waals surface area contributed by atoms with Crippen LogP contribution in [0.5, 0.6) is 0 Å². The highest BCUT2D eigenvalue weighted by atomic mass is 31.2. The number of benzene rings is 1. The van der Waals surface area contributed by atoms with Gasteiger partial charge in [-0.25, -0.2) is 0 Å². The molecule has 1 atom stereocenters. The zero-order valence-electron chi connectivity index (χ0n) is 10.2. The molecule has 8 heteroatoms. The predicted molar refractivity (Wildman–Crippen MR) is 68.7 cm³/mol. The summed E-state index contributed by atoms with van der Waals surface area (Å²) in [5.74, 6) is 0. The Morgan fingerprint density at radius 1 is 0.895 bits per heavy atom. The second-order valence-electron chi connectivity index (χ2n) is 3.92. The first-order chi connectivity index (χ1) is 8.93. The average Bonchev–Trinajstić information content (AvgIpc) is 2.41. The maximum atomic E-state index is 9.95. The molecule has 1 aromatic carbocycles. The normalized spacial score (nSPS) is 12.8. The van der Waals surface area contributed by atoms with Crippen molar-refractivity contribution in [1.29, 1.82) is 0 Å². The van der Waals surface area contributed by atoms with Crippen molar-refractivity contribution >= 4 is 8.60 Å². The van der Waals surface area contributed by atoms with E-state index in [1.54, 1.807) is 30.3 Å². The van der Waals surface area contributed by atoms with Gasteiger partial charge in [0.05, 0.1) is 31.3 Å². The van der Waals surface area contributed by atoms with Crippen molar-refractivity contribution < 1.29 is 35.1 Å². The van der Waals surface area contributed by atoms with Gasteiger partial charge in [-0.15, -0.1) is 0 Å². The van der Waals surface area contributed by atoms with E-state index in [4.69, 9.17) is 30.0 Å². The van der Waals surface area contributed by atoms with Crippen molar-refractivity contribution in [2.24, 2.45) is 5.41 Å². The van der Waals surface area contributed by atoms with Crippen LogP contribution in [0.3, 0.4) is 0 Å². The molecule has 0 aliphatic carbocycles. The minimum absolute atomic E-state index is 0.476. The SMILES string of the molecule is OCC(CO)(CO)C(O)c1ccccc1.OP(O)O. The van der Waals surface area contributed by atoms with E-state index in [0.29, 0.717) is 5.56 Å². The van der Waals surface area contributed by atoms with Gasteiger partial charge in [0.25, 0.3) is 0 Å². The van der Waals surface area contributed by atoms with Crippen molar-refractivity contribution in [3.63, 3.8) is 0 Å². The van der Waals surface area contributed by atoms with Gasteiger partial charge in [0, 0.05) is 0 Å². The van der Waals surface area contributed by atoms with Crippen LogP contribution in [0.15, 0.2) is 30.3 Å². The van der Waals surface area contributed by atoms with Crippen LogP contribution in [0.1, 0.15) is 11.7 Å². The molecular formula is C11H19O7P. The lowest BCUT2D eigenvalue weighted by Crippen LogP contribution is -2.40. The molecule has 0 heterocycles. The maximum absolute atomic E-state index is 9.95. The molecule has 0 aromatic heterocycles. The van der Waals surface area contributed by atoms with E-state index in [0.717, 1.165) is 0 Å². The molecule has 1 aromatic rings. The Balaban J connectivity index is 0.000000711. The number of aliphatic hydroxyl groups is 4. The molecule has 0 saturated carbocycles. The quantitative estimate of drug-likeness (QED) is 0.341. The van der Waals surface area contributed by atoms with Crippen molar-refractivity contribution in [1.82, 2.24) is 0 Å². The maximum Gasteiger partial charge on any atom is 0.324 e. The summed E-state index contributed by atoms with van der Waals surface area (Å²) in [5.41, 5.74) is -0.726. The van der Waals surface area contributed by atoms with Crippen molar-refractivity contribution in [2.75, 3.05) is 19.8 Å². The smallest absolute Gasteiger partial charge is 0.324 e. The summed E-state index contributed by atoms with van der Waals surface area (Å²) in [6.07, 6.45) is -1.08. The zero-order chi connectivity index (χ0) is 14.9. The number of hydrogen-bond acceptors (Lipinski definition) is 7. The van der Waals surface area contributed by atoms with Crippen LogP contribution in [-0.4, -0.2) is 54.9 Å². The van der Waals surface area contributed by atoms with Crippen LogP contribution in [0, 0.1) is 5.41 Å². The predicted octanol–water partition coefficient (Wildman–Crippen LogP) is -1.13. The van der Waals surface area contributed by atoms with Crippen LogP contribution in [0.2, 0.25) is 0 Å². The number of hydrogen-bond donors (Lipinski definition) is 7. The highest BCUT2D eigenvalue weighted by Gasteiger charge is 2.37. The molecular weight excluding hydrogens is 275 g/mol. The third-order valence-corrected chi connectivity index (χ3v) is 2.64. The molecule has 110 valence electrons. The Morgan fingerprint density at radius 2 is 1.26 bits per heavy atom. The molecule has 0 radical (unpaired) electrons. The third kappa shape index (κ3) is 5.90. The Morgan fingerprint density at radius 3 is 1.58 bits per heavy atom. The first kappa shape index (κ1) is 18.4. The third-order valence-electron chi connectivity index (χ3n) is 2.64. The van der Waals surface area contributed by atoms with Gasteiger partial charge in [0.1, 0.15) is 0 Å². The fourth-order valence-corrected chi connectivity index (χ4v) is 1.40. The molecule has 1 rings (SSSR count). The van der Waals surface area contributed by atoms with E-state index < -0.39 is 39.9 Å². The van der Waals surface area contributed by atoms with Crippen molar-refractivity contribution in [2.45, 2.75) is 6.10 Å². The Bertz CT molecular complexity index is 318. The van der Waals surface area contributed by atoms with E-state index in [-0.39, 0.29) is 0 Å². The molecule has 19 heavy (non-hydrogen) atoms. The summed E-state index contributed by atoms with van der Waals surface area (Å²) in [6.45, 7) is -1.43. The molecule has 7 N–H and O–H groups in total. The highest BCUT2D eigenvalue weighted by molar-refractivity contribution is 7.38. The monoisotopic (exact) mass is 294 g/mol. The van der Waals surface area contributed by atoms with E-state index in [2.05, 4.69) is 0 Å². The Hall–Kier alpha value is -0.630. The highest BCUT2D eigenvalue weighted by Crippen LogP contribution is 2.32. The van der Waals surface area contributed by atoms with Gasteiger partial charge in [-0.1, -0.05) is 30.3 Å². The van der Waals surface area contributed by atoms with Crippen LogP contribution in [0.4, 0.5) is 0 Å². The van der Waals surface area contributed by atoms with Crippen LogP contribution >= 0.6 is 8.60 Å². The lowest BCUT2D eigenvalue weighted by atomic mass is 9.81. The van der Waals surface area contributed by atoms with Crippen LogP contribution in [-0.2, 0) is 0 Å². The summed E-state index contributed by atoms with van der Waals surface area (Å²) in [4.78, 5) is 21.7. The topological polar surface area (TPSA) is 142 Å². The second-order valence-corrected chi connectivity index (χ2v) is 4.45. The molecule has 0 amide bonds. The van der Waals surface area contributed by atoms with Crippen molar-refractivity contribution in [3.05, 3.63) is 35.9 Å². The standard InChI is InChI=1S/C11H16O4.H3O3P/c12-6-11(7-13,8-14)10(15)9-4-2-1-3-5-9;1-4(2)3/h1-5,10,12-15H,6-8H2;1-3H. The van der Waals surface area contributed by atoms with Gasteiger partial charge in [0.2, 0.25) is 0 Å². The minimum Gasteiger partial charge on any atom is -0.395 e. The molecule has 0 aliphatic heterocycles. The largest absolute Gasteiger partial charge is 0.395 e. The minimum atomic E-state index is -2.62. The summed E-state index contributed by atoms with van der Waals surface area (Å²) >= 11 is 0. The van der Waals surface area contributed by atoms with Gasteiger partial charge in [0.15, 0.2) is 0 Å². The van der Waals surface area contributed by atoms with Crippen molar-refractivity contribution in [3.8, 4) is 0 Å². The number of rotatable bonds is 5. The van der Waals surface area contributed by atoms with Crippen LogP contribution < -0.4 is 0 Å². The number of aliphatic hydroxyl groups excluding tert-OH is 4. The summed E-state index contributed by atoms with van der Waals surface area (Å²) in [5, 5.41) is 37.3. The van der Waals surface area contributed by atoms with Gasteiger partial charge >= 0.3 is 8.60 Å². The van der Waals surface area contributed by atoms with Gasteiger partial charge in [-0.3, -0.25) is 0 Å². The molecule has 0 saturated heterocycles. The molecule has 1 unspecified atom stereocenters. The fourth-order valence-electron chi connectivity index (χ4n) is 1.40. The molecule has 7 nitrogen and oxygen atoms in total. The fraction of sp³-hybridized carbons (Fsp3) is 0.455. The molecule has 0 fully saturated rings. The lowest BCUT2D eigenvalue weighted by Gasteiger charge is -2.32. The molecule has 0 aliphatic rings. The average molecular weight is 294 g/mol. The Labute approximate surface area is 112 Å². The molecule has 0 spiro atoms. The van der Waals surface area contributed by atoms with Gasteiger partial charge < -0.3 is 35.1 Å². The van der Waals surface area contributed by atoms with E-state index in [9.17, 15) is 5.11 Å². The molecule has 0 bridgehead atoms. The Kier molecular flexibility index (Phi) is 8.99. The van der Waals surface area contributed by atoms with E-state index in [1.165, 1.54) is 0 Å². The summed E-state index contributed by atoms with van der Waals surface area (Å²) in [7, 11) is -2.62. The van der Waals surface area contributed by atoms with Crippen LogP contribution in [0.25, 0.3) is 0 Å². The van der Waals surface area contributed by atoms with Gasteiger partial charge in [-0.05, 0) is 5.56 Å². The first-order valence-electron chi connectivity index (χ1n) is 5.36. The second kappa shape index (κ2) is 9.30. The summed E-state index contributed by atoms with van der Waals surface area (Å²) in [6, 6.07) is 8.65. The van der Waals surface area contributed by atoms with Gasteiger partial charge in [-0.2, -0.15) is 0 Å². The summed E-state index contributed by atoms with van der Waals surface area (Å²) < 4.78 is 0. The van der Waals surface area contributed by atoms with E-state index >= 15 is 0 Å². The van der Waals surface area contributed by atoms with E-state index in [1.807, 2.05) is 0 Å².